The predicted octanol–water partition coefficient (Wildman–Crippen LogP) is 4.59. The number of hydrogen-bond donors (Lipinski definition) is 1. The highest BCUT2D eigenvalue weighted by molar-refractivity contribution is 7.97. The van der Waals surface area contributed by atoms with Gasteiger partial charge in [-0.1, -0.05) is 54.9 Å². The summed E-state index contributed by atoms with van der Waals surface area (Å²) >= 11 is 1.32. The van der Waals surface area contributed by atoms with Crippen molar-refractivity contribution in [2.24, 2.45) is 5.14 Å². The lowest BCUT2D eigenvalue weighted by Gasteiger charge is -2.30. The molecule has 0 fully saturated rings. The van der Waals surface area contributed by atoms with Crippen molar-refractivity contribution in [2.45, 2.75) is 77.0 Å². The molecule has 2 N–H and O–H groups in total. The third-order valence-electron chi connectivity index (χ3n) is 3.19. The van der Waals surface area contributed by atoms with Gasteiger partial charge >= 0.3 is 0 Å². The molecule has 19 heavy (non-hydrogen) atoms. The number of aromatic nitrogens is 1. The average molecular weight is 280 g/mol. The molecular weight excluding hydrogens is 252 g/mol. The number of hydrogen-bond acceptors (Lipinski definition) is 3. The largest absolute Gasteiger partial charge is 0.274 e. The van der Waals surface area contributed by atoms with Gasteiger partial charge in [0.25, 0.3) is 0 Å². The van der Waals surface area contributed by atoms with Crippen molar-refractivity contribution in [3.8, 4) is 0 Å². The third-order valence-corrected chi connectivity index (χ3v) is 3.80. The van der Waals surface area contributed by atoms with Crippen LogP contribution in [0.4, 0.5) is 0 Å². The molecule has 0 amide bonds. The topological polar surface area (TPSA) is 38.9 Å². The van der Waals surface area contributed by atoms with Gasteiger partial charge in [0.05, 0.1) is 5.69 Å². The van der Waals surface area contributed by atoms with Crippen LogP contribution in [0, 0.1) is 0 Å². The minimum atomic E-state index is 0.0584. The van der Waals surface area contributed by atoms with Crippen molar-refractivity contribution in [1.29, 1.82) is 0 Å². The number of pyridine rings is 1. The van der Waals surface area contributed by atoms with Gasteiger partial charge in [-0.15, -0.1) is 0 Å². The Balaban J connectivity index is 3.53. The molecule has 0 unspecified atom stereocenters. The molecule has 0 spiro atoms. The summed E-state index contributed by atoms with van der Waals surface area (Å²) < 4.78 is 0. The van der Waals surface area contributed by atoms with Gasteiger partial charge < -0.3 is 0 Å². The minimum Gasteiger partial charge on any atom is -0.274 e. The zero-order valence-corrected chi connectivity index (χ0v) is 14.2. The van der Waals surface area contributed by atoms with Crippen LogP contribution in [-0.4, -0.2) is 4.98 Å². The molecule has 3 heteroatoms. The van der Waals surface area contributed by atoms with E-state index in [-0.39, 0.29) is 10.8 Å². The van der Waals surface area contributed by atoms with Crippen LogP contribution in [0.3, 0.4) is 0 Å². The third kappa shape index (κ3) is 3.96. The average Bonchev–Trinajstić information content (AvgIpc) is 2.26. The second kappa shape index (κ2) is 5.84. The SMILES string of the molecule is CCCc1nc(C(C)(C)C)c(C(C)(C)C)cc1SN. The molecule has 108 valence electrons. The zero-order valence-electron chi connectivity index (χ0n) is 13.4. The highest BCUT2D eigenvalue weighted by atomic mass is 32.2. The van der Waals surface area contributed by atoms with Crippen LogP contribution in [-0.2, 0) is 17.3 Å². The van der Waals surface area contributed by atoms with Gasteiger partial charge in [-0.25, -0.2) is 0 Å². The first-order valence-corrected chi connectivity index (χ1v) is 7.90. The number of rotatable bonds is 3. The van der Waals surface area contributed by atoms with E-state index in [0.29, 0.717) is 0 Å². The van der Waals surface area contributed by atoms with Crippen LogP contribution >= 0.6 is 11.9 Å². The van der Waals surface area contributed by atoms with E-state index in [4.69, 9.17) is 10.1 Å². The Kier molecular flexibility index (Phi) is 5.08. The second-order valence-electron chi connectivity index (χ2n) is 7.20. The van der Waals surface area contributed by atoms with Crippen LogP contribution in [0.5, 0.6) is 0 Å². The fraction of sp³-hybridized carbons (Fsp3) is 0.688. The van der Waals surface area contributed by atoms with E-state index in [9.17, 15) is 0 Å². The van der Waals surface area contributed by atoms with Crippen molar-refractivity contribution in [3.05, 3.63) is 23.0 Å². The Labute approximate surface area is 122 Å². The zero-order chi connectivity index (χ0) is 14.8. The van der Waals surface area contributed by atoms with Gasteiger partial charge in [-0.3, -0.25) is 10.1 Å². The predicted molar refractivity (Wildman–Crippen MR) is 85.7 cm³/mol. The molecule has 1 rings (SSSR count). The molecular formula is C16H28N2S. The summed E-state index contributed by atoms with van der Waals surface area (Å²) in [7, 11) is 0. The lowest BCUT2D eigenvalue weighted by Crippen LogP contribution is -2.24. The van der Waals surface area contributed by atoms with Crippen LogP contribution in [0.2, 0.25) is 0 Å². The smallest absolute Gasteiger partial charge is 0.0555 e. The molecule has 0 aliphatic rings. The van der Waals surface area contributed by atoms with Crippen molar-refractivity contribution < 1.29 is 0 Å². The first-order valence-electron chi connectivity index (χ1n) is 7.03. The van der Waals surface area contributed by atoms with E-state index >= 15 is 0 Å². The van der Waals surface area contributed by atoms with Gasteiger partial charge in [-0.05, 0) is 35.4 Å². The standard InChI is InChI=1S/C16H28N2S/c1-8-9-12-13(19-17)10-11(15(2,3)4)14(18-12)16(5,6)7/h10H,8-9,17H2,1-7H3. The summed E-state index contributed by atoms with van der Waals surface area (Å²) in [6.45, 7) is 15.6. The molecule has 1 heterocycles. The summed E-state index contributed by atoms with van der Waals surface area (Å²) in [4.78, 5) is 6.09. The maximum atomic E-state index is 5.83. The van der Waals surface area contributed by atoms with E-state index < -0.39 is 0 Å². The van der Waals surface area contributed by atoms with E-state index in [1.54, 1.807) is 0 Å². The maximum Gasteiger partial charge on any atom is 0.0555 e. The molecule has 1 aromatic heterocycles. The van der Waals surface area contributed by atoms with E-state index in [0.717, 1.165) is 23.4 Å². The molecule has 0 saturated carbocycles. The van der Waals surface area contributed by atoms with Crippen molar-refractivity contribution in [2.75, 3.05) is 0 Å². The normalized spacial score (nSPS) is 12.8. The summed E-state index contributed by atoms with van der Waals surface area (Å²) in [6.07, 6.45) is 2.09. The molecule has 1 aromatic rings. The minimum absolute atomic E-state index is 0.0584. The second-order valence-corrected chi connectivity index (χ2v) is 7.87. The lowest BCUT2D eigenvalue weighted by atomic mass is 9.78. The molecule has 0 bridgehead atoms. The summed E-state index contributed by atoms with van der Waals surface area (Å²) in [5, 5.41) is 5.83. The van der Waals surface area contributed by atoms with E-state index in [2.05, 4.69) is 54.5 Å². The molecule has 2 nitrogen and oxygen atoms in total. The fourth-order valence-electron chi connectivity index (χ4n) is 2.19. The highest BCUT2D eigenvalue weighted by Crippen LogP contribution is 2.35. The molecule has 0 aliphatic heterocycles. The molecule has 0 radical (unpaired) electrons. The van der Waals surface area contributed by atoms with Crippen LogP contribution < -0.4 is 5.14 Å². The number of nitrogens with two attached hydrogens (primary N) is 1. The quantitative estimate of drug-likeness (QED) is 0.823. The highest BCUT2D eigenvalue weighted by Gasteiger charge is 2.28. The van der Waals surface area contributed by atoms with E-state index in [1.165, 1.54) is 23.2 Å². The van der Waals surface area contributed by atoms with Crippen LogP contribution in [0.25, 0.3) is 0 Å². The number of nitrogens with zero attached hydrogens (tertiary/aromatic N) is 1. The molecule has 0 atom stereocenters. The van der Waals surface area contributed by atoms with Crippen LogP contribution in [0.1, 0.15) is 71.8 Å². The maximum absolute atomic E-state index is 5.83. The lowest BCUT2D eigenvalue weighted by molar-refractivity contribution is 0.508. The number of aryl methyl sites for hydroxylation is 1. The van der Waals surface area contributed by atoms with Gasteiger partial charge in [0, 0.05) is 16.0 Å². The Hall–Kier alpha value is -0.540. The Morgan fingerprint density at radius 3 is 2.05 bits per heavy atom. The summed E-state index contributed by atoms with van der Waals surface area (Å²) in [6, 6.07) is 2.25. The van der Waals surface area contributed by atoms with Crippen molar-refractivity contribution in [1.82, 2.24) is 4.98 Å². The monoisotopic (exact) mass is 280 g/mol. The van der Waals surface area contributed by atoms with Crippen molar-refractivity contribution >= 4 is 11.9 Å². The Bertz CT molecular complexity index is 439. The molecule has 0 aromatic carbocycles. The van der Waals surface area contributed by atoms with Crippen LogP contribution in [0.15, 0.2) is 11.0 Å². The Morgan fingerprint density at radius 2 is 1.68 bits per heavy atom. The van der Waals surface area contributed by atoms with Gasteiger partial charge in [-0.2, -0.15) is 0 Å². The first-order chi connectivity index (χ1) is 8.61. The fourth-order valence-corrected chi connectivity index (χ4v) is 2.66. The van der Waals surface area contributed by atoms with Crippen molar-refractivity contribution in [3.63, 3.8) is 0 Å². The van der Waals surface area contributed by atoms with Gasteiger partial charge in [0.15, 0.2) is 0 Å². The molecule has 0 saturated heterocycles. The molecule has 0 aliphatic carbocycles. The van der Waals surface area contributed by atoms with Gasteiger partial charge in [0.2, 0.25) is 0 Å². The summed E-state index contributed by atoms with van der Waals surface area (Å²) in [5.41, 5.74) is 3.82. The first kappa shape index (κ1) is 16.5. The Morgan fingerprint density at radius 1 is 1.11 bits per heavy atom. The van der Waals surface area contributed by atoms with Gasteiger partial charge in [0.1, 0.15) is 0 Å². The van der Waals surface area contributed by atoms with E-state index in [1.807, 2.05) is 0 Å². The summed E-state index contributed by atoms with van der Waals surface area (Å²) in [5.74, 6) is 0.